The minimum Gasteiger partial charge on any atom is -0.464 e. The minimum atomic E-state index is -0.633. The first-order valence-electron chi connectivity index (χ1n) is 6.57. The average Bonchev–Trinajstić information content (AvgIpc) is 2.49. The molecule has 0 spiro atoms. The first-order chi connectivity index (χ1) is 9.69. The molecule has 0 aromatic heterocycles. The van der Waals surface area contributed by atoms with Gasteiger partial charge in [-0.3, -0.25) is 15.0 Å². The molecule has 0 saturated carbocycles. The number of hydrogen-bond donors (Lipinski definition) is 2. The van der Waals surface area contributed by atoms with Gasteiger partial charge < -0.3 is 4.74 Å². The molecule has 0 aliphatic carbocycles. The predicted molar refractivity (Wildman–Crippen MR) is 76.9 cm³/mol. The second-order valence-corrected chi connectivity index (χ2v) is 4.21. The molecule has 108 valence electrons. The second kappa shape index (κ2) is 8.87. The molecule has 5 heteroatoms. The highest BCUT2D eigenvalue weighted by Crippen LogP contribution is 1.99. The molecule has 0 aliphatic heterocycles. The molecule has 1 amide bonds. The van der Waals surface area contributed by atoms with Crippen molar-refractivity contribution in [3.63, 3.8) is 0 Å². The smallest absolute Gasteiger partial charge is 0.325 e. The van der Waals surface area contributed by atoms with Gasteiger partial charge in [0.05, 0.1) is 6.61 Å². The molecule has 0 heterocycles. The number of benzene rings is 1. The van der Waals surface area contributed by atoms with Gasteiger partial charge >= 0.3 is 5.97 Å². The first-order valence-corrected chi connectivity index (χ1v) is 6.57. The quantitative estimate of drug-likeness (QED) is 0.432. The monoisotopic (exact) mass is 276 g/mol. The van der Waals surface area contributed by atoms with E-state index < -0.39 is 12.0 Å². The van der Waals surface area contributed by atoms with Crippen molar-refractivity contribution in [2.24, 2.45) is 0 Å². The number of amides is 1. The summed E-state index contributed by atoms with van der Waals surface area (Å²) in [7, 11) is 0. The van der Waals surface area contributed by atoms with Gasteiger partial charge in [0.1, 0.15) is 6.04 Å². The Hall–Kier alpha value is -2.14. The highest BCUT2D eigenvalue weighted by molar-refractivity contribution is 5.94. The van der Waals surface area contributed by atoms with E-state index in [-0.39, 0.29) is 5.91 Å². The van der Waals surface area contributed by atoms with Crippen LogP contribution in [0.25, 0.3) is 0 Å². The molecule has 1 aromatic rings. The van der Waals surface area contributed by atoms with Crippen LogP contribution in [0, 0.1) is 0 Å². The molecule has 0 radical (unpaired) electrons. The van der Waals surface area contributed by atoms with Crippen LogP contribution in [-0.4, -0.2) is 24.5 Å². The van der Waals surface area contributed by atoms with Gasteiger partial charge in [-0.05, 0) is 25.0 Å². The summed E-state index contributed by atoms with van der Waals surface area (Å²) < 4.78 is 5.04. The first kappa shape index (κ1) is 15.9. The Bertz CT molecular complexity index is 446. The van der Waals surface area contributed by atoms with Crippen molar-refractivity contribution in [3.8, 4) is 0 Å². The Morgan fingerprint density at radius 3 is 2.65 bits per heavy atom. The molecule has 0 fully saturated rings. The van der Waals surface area contributed by atoms with Crippen molar-refractivity contribution in [1.29, 1.82) is 0 Å². The lowest BCUT2D eigenvalue weighted by Crippen LogP contribution is -2.48. The number of hydrazine groups is 1. The summed E-state index contributed by atoms with van der Waals surface area (Å²) in [5.41, 5.74) is 5.70. The van der Waals surface area contributed by atoms with E-state index in [2.05, 4.69) is 17.4 Å². The van der Waals surface area contributed by atoms with Crippen molar-refractivity contribution >= 4 is 11.9 Å². The highest BCUT2D eigenvalue weighted by Gasteiger charge is 2.19. The van der Waals surface area contributed by atoms with Gasteiger partial charge in [-0.1, -0.05) is 31.2 Å². The molecule has 0 saturated heterocycles. The van der Waals surface area contributed by atoms with Crippen LogP contribution in [0.4, 0.5) is 0 Å². The molecule has 0 unspecified atom stereocenters. The lowest BCUT2D eigenvalue weighted by atomic mass is 10.2. The Balaban J connectivity index is 2.52. The number of esters is 1. The van der Waals surface area contributed by atoms with Crippen LogP contribution in [0.3, 0.4) is 0 Å². The fourth-order valence-corrected chi connectivity index (χ4v) is 1.50. The van der Waals surface area contributed by atoms with Crippen LogP contribution >= 0.6 is 0 Å². The van der Waals surface area contributed by atoms with Crippen LogP contribution in [0.1, 0.15) is 30.1 Å². The summed E-state index contributed by atoms with van der Waals surface area (Å²) in [4.78, 5) is 23.6. The zero-order valence-corrected chi connectivity index (χ0v) is 11.6. The van der Waals surface area contributed by atoms with E-state index in [1.807, 2.05) is 13.0 Å². The summed E-state index contributed by atoms with van der Waals surface area (Å²) in [6, 6.07) is 8.11. The molecule has 20 heavy (non-hydrogen) atoms. The molecule has 0 aliphatic rings. The van der Waals surface area contributed by atoms with Crippen molar-refractivity contribution in [2.75, 3.05) is 6.61 Å². The Kier molecular flexibility index (Phi) is 7.06. The fraction of sp³-hybridized carbons (Fsp3) is 0.333. The van der Waals surface area contributed by atoms with E-state index in [9.17, 15) is 9.59 Å². The number of ether oxygens (including phenoxy) is 1. The van der Waals surface area contributed by atoms with Crippen molar-refractivity contribution < 1.29 is 14.3 Å². The summed E-state index contributed by atoms with van der Waals surface area (Å²) >= 11 is 0. The lowest BCUT2D eigenvalue weighted by molar-refractivity contribution is -0.146. The van der Waals surface area contributed by atoms with E-state index in [1.54, 1.807) is 30.3 Å². The van der Waals surface area contributed by atoms with Crippen LogP contribution < -0.4 is 10.9 Å². The topological polar surface area (TPSA) is 67.4 Å². The molecule has 1 rings (SSSR count). The van der Waals surface area contributed by atoms with Gasteiger partial charge in [0, 0.05) is 5.56 Å². The van der Waals surface area contributed by atoms with E-state index >= 15 is 0 Å². The van der Waals surface area contributed by atoms with Crippen LogP contribution in [0.15, 0.2) is 43.0 Å². The van der Waals surface area contributed by atoms with Crippen LogP contribution in [-0.2, 0) is 9.53 Å². The zero-order chi connectivity index (χ0) is 14.8. The van der Waals surface area contributed by atoms with E-state index in [4.69, 9.17) is 4.74 Å². The SMILES string of the molecule is C=CC[C@@H](NNC(=O)c1ccccc1)C(=O)OCCC. The fourth-order valence-electron chi connectivity index (χ4n) is 1.50. The third-order valence-electron chi connectivity index (χ3n) is 2.53. The Morgan fingerprint density at radius 2 is 2.05 bits per heavy atom. The molecule has 1 aromatic carbocycles. The van der Waals surface area contributed by atoms with Gasteiger partial charge in [0.2, 0.25) is 0 Å². The molecule has 2 N–H and O–H groups in total. The van der Waals surface area contributed by atoms with Crippen molar-refractivity contribution in [1.82, 2.24) is 10.9 Å². The number of carbonyl (C=O) groups excluding carboxylic acids is 2. The van der Waals surface area contributed by atoms with Crippen molar-refractivity contribution in [3.05, 3.63) is 48.6 Å². The number of nitrogens with one attached hydrogen (secondary N) is 2. The number of rotatable bonds is 8. The standard InChI is InChI=1S/C15H20N2O3/c1-3-8-13(15(19)20-11-4-2)16-17-14(18)12-9-6-5-7-10-12/h3,5-7,9-10,13,16H,1,4,8,11H2,2H3,(H,17,18)/t13-/m1/s1. The summed E-state index contributed by atoms with van der Waals surface area (Å²) in [6.07, 6.45) is 2.72. The minimum absolute atomic E-state index is 0.303. The Morgan fingerprint density at radius 1 is 1.35 bits per heavy atom. The van der Waals surface area contributed by atoms with Gasteiger partial charge in [-0.2, -0.15) is 0 Å². The second-order valence-electron chi connectivity index (χ2n) is 4.21. The van der Waals surface area contributed by atoms with Gasteiger partial charge in [0.25, 0.3) is 5.91 Å². The third-order valence-corrected chi connectivity index (χ3v) is 2.53. The van der Waals surface area contributed by atoms with Gasteiger partial charge in [0.15, 0.2) is 0 Å². The number of hydrogen-bond acceptors (Lipinski definition) is 4. The van der Waals surface area contributed by atoms with Crippen molar-refractivity contribution in [2.45, 2.75) is 25.8 Å². The third kappa shape index (κ3) is 5.24. The molecular formula is C15H20N2O3. The van der Waals surface area contributed by atoms with Crippen LogP contribution in [0.5, 0.6) is 0 Å². The molecular weight excluding hydrogens is 256 g/mol. The van der Waals surface area contributed by atoms with Gasteiger partial charge in [-0.15, -0.1) is 6.58 Å². The maximum absolute atomic E-state index is 11.8. The summed E-state index contributed by atoms with van der Waals surface area (Å²) in [6.45, 7) is 5.87. The molecule has 5 nitrogen and oxygen atoms in total. The highest BCUT2D eigenvalue weighted by atomic mass is 16.5. The largest absolute Gasteiger partial charge is 0.464 e. The maximum Gasteiger partial charge on any atom is 0.325 e. The number of carbonyl (C=O) groups is 2. The average molecular weight is 276 g/mol. The van der Waals surface area contributed by atoms with E-state index in [0.29, 0.717) is 18.6 Å². The van der Waals surface area contributed by atoms with E-state index in [0.717, 1.165) is 6.42 Å². The molecule has 1 atom stereocenters. The van der Waals surface area contributed by atoms with Crippen LogP contribution in [0.2, 0.25) is 0 Å². The van der Waals surface area contributed by atoms with Gasteiger partial charge in [-0.25, -0.2) is 5.43 Å². The zero-order valence-electron chi connectivity index (χ0n) is 11.6. The predicted octanol–water partition coefficient (Wildman–Crippen LogP) is 1.82. The lowest BCUT2D eigenvalue weighted by Gasteiger charge is -2.16. The maximum atomic E-state index is 11.8. The normalized spacial score (nSPS) is 11.4. The summed E-state index contributed by atoms with van der Waals surface area (Å²) in [5, 5.41) is 0. The van der Waals surface area contributed by atoms with E-state index in [1.165, 1.54) is 0 Å². The Labute approximate surface area is 119 Å². The summed E-state index contributed by atoms with van der Waals surface area (Å²) in [5.74, 6) is -0.705. The molecule has 0 bridgehead atoms.